The van der Waals surface area contributed by atoms with E-state index in [9.17, 15) is 0 Å². The van der Waals surface area contributed by atoms with Crippen LogP contribution in [0, 0.1) is 0 Å². The van der Waals surface area contributed by atoms with Crippen molar-refractivity contribution in [2.24, 2.45) is 0 Å². The average Bonchev–Trinajstić information content (AvgIpc) is 2.36. The molecular weight excluding hydrogens is 210 g/mol. The van der Waals surface area contributed by atoms with E-state index < -0.39 is 0 Å². The van der Waals surface area contributed by atoms with E-state index in [1.54, 1.807) is 0 Å². The summed E-state index contributed by atoms with van der Waals surface area (Å²) in [6.45, 7) is 0.845. The highest BCUT2D eigenvalue weighted by Gasteiger charge is 2.01. The molecular formula is C14H17N3. The molecule has 0 saturated heterocycles. The van der Waals surface area contributed by atoms with E-state index in [0.717, 1.165) is 24.2 Å². The van der Waals surface area contributed by atoms with Crippen LogP contribution in [0.15, 0.2) is 48.5 Å². The van der Waals surface area contributed by atoms with Crippen molar-refractivity contribution in [1.29, 1.82) is 0 Å². The summed E-state index contributed by atoms with van der Waals surface area (Å²) in [6, 6.07) is 15.9. The van der Waals surface area contributed by atoms with E-state index in [-0.39, 0.29) is 0 Å². The van der Waals surface area contributed by atoms with E-state index in [1.165, 1.54) is 0 Å². The molecule has 0 bridgehead atoms. The van der Waals surface area contributed by atoms with Crippen LogP contribution < -0.4 is 16.8 Å². The molecule has 0 amide bonds. The maximum Gasteiger partial charge on any atom is 0.0580 e. The predicted octanol–water partition coefficient (Wildman–Crippen LogP) is 2.51. The van der Waals surface area contributed by atoms with E-state index in [2.05, 4.69) is 5.32 Å². The zero-order valence-corrected chi connectivity index (χ0v) is 9.69. The minimum Gasteiger partial charge on any atom is -0.397 e. The first-order chi connectivity index (χ1) is 8.27. The van der Waals surface area contributed by atoms with Crippen LogP contribution in [0.5, 0.6) is 0 Å². The lowest BCUT2D eigenvalue weighted by Gasteiger charge is -2.09. The second-order valence-electron chi connectivity index (χ2n) is 3.96. The third-order valence-electron chi connectivity index (χ3n) is 2.73. The molecule has 2 aromatic carbocycles. The monoisotopic (exact) mass is 227 g/mol. The van der Waals surface area contributed by atoms with Crippen molar-refractivity contribution in [3.05, 3.63) is 54.1 Å². The van der Waals surface area contributed by atoms with Gasteiger partial charge in [-0.15, -0.1) is 0 Å². The molecule has 0 spiro atoms. The standard InChI is InChI=1S/C14H17N3/c15-13-8-4-5-11(14(13)16)9-10-17-12-6-2-1-3-7-12/h1-8,17H,9-10,15-16H2. The topological polar surface area (TPSA) is 64.1 Å². The van der Waals surface area contributed by atoms with Gasteiger partial charge in [-0.1, -0.05) is 30.3 Å². The lowest BCUT2D eigenvalue weighted by atomic mass is 10.1. The Morgan fingerprint density at radius 2 is 1.65 bits per heavy atom. The summed E-state index contributed by atoms with van der Waals surface area (Å²) in [7, 11) is 0. The average molecular weight is 227 g/mol. The Hall–Kier alpha value is -2.16. The van der Waals surface area contributed by atoms with Crippen molar-refractivity contribution in [1.82, 2.24) is 0 Å². The molecule has 5 N–H and O–H groups in total. The molecule has 0 atom stereocenters. The first-order valence-corrected chi connectivity index (χ1v) is 5.69. The van der Waals surface area contributed by atoms with Crippen LogP contribution in [0.1, 0.15) is 5.56 Å². The van der Waals surface area contributed by atoms with Crippen LogP contribution in [0.4, 0.5) is 17.1 Å². The van der Waals surface area contributed by atoms with Crippen LogP contribution in [0.25, 0.3) is 0 Å². The third kappa shape index (κ3) is 2.91. The lowest BCUT2D eigenvalue weighted by Crippen LogP contribution is -2.07. The molecule has 0 heterocycles. The van der Waals surface area contributed by atoms with E-state index >= 15 is 0 Å². The maximum atomic E-state index is 5.91. The quantitative estimate of drug-likeness (QED) is 0.703. The first-order valence-electron chi connectivity index (χ1n) is 5.69. The molecule has 17 heavy (non-hydrogen) atoms. The summed E-state index contributed by atoms with van der Waals surface area (Å²) >= 11 is 0. The Bertz CT molecular complexity index is 480. The van der Waals surface area contributed by atoms with Crippen molar-refractivity contribution >= 4 is 17.1 Å². The molecule has 0 radical (unpaired) electrons. The van der Waals surface area contributed by atoms with Gasteiger partial charge in [0.1, 0.15) is 0 Å². The summed E-state index contributed by atoms with van der Waals surface area (Å²) < 4.78 is 0. The second-order valence-corrected chi connectivity index (χ2v) is 3.96. The van der Waals surface area contributed by atoms with Crippen LogP contribution >= 0.6 is 0 Å². The van der Waals surface area contributed by atoms with Crippen molar-refractivity contribution in [3.63, 3.8) is 0 Å². The van der Waals surface area contributed by atoms with Crippen molar-refractivity contribution < 1.29 is 0 Å². The van der Waals surface area contributed by atoms with Gasteiger partial charge in [-0.2, -0.15) is 0 Å². The number of para-hydroxylation sites is 2. The van der Waals surface area contributed by atoms with Gasteiger partial charge < -0.3 is 16.8 Å². The second kappa shape index (κ2) is 5.25. The van der Waals surface area contributed by atoms with Crippen LogP contribution in [-0.2, 0) is 6.42 Å². The smallest absolute Gasteiger partial charge is 0.0580 e. The Morgan fingerprint density at radius 3 is 2.41 bits per heavy atom. The molecule has 0 aliphatic rings. The number of hydrogen-bond acceptors (Lipinski definition) is 3. The summed E-state index contributed by atoms with van der Waals surface area (Å²) in [5.74, 6) is 0. The number of benzene rings is 2. The zero-order valence-electron chi connectivity index (χ0n) is 9.69. The SMILES string of the molecule is Nc1cccc(CCNc2ccccc2)c1N. The van der Waals surface area contributed by atoms with E-state index in [1.807, 2.05) is 48.5 Å². The molecule has 0 aliphatic carbocycles. The highest BCUT2D eigenvalue weighted by Crippen LogP contribution is 2.19. The van der Waals surface area contributed by atoms with Crippen LogP contribution in [0.2, 0.25) is 0 Å². The molecule has 88 valence electrons. The molecule has 2 rings (SSSR count). The lowest BCUT2D eigenvalue weighted by molar-refractivity contribution is 1.02. The summed E-state index contributed by atoms with van der Waals surface area (Å²) in [5.41, 5.74) is 15.2. The van der Waals surface area contributed by atoms with Gasteiger partial charge in [-0.25, -0.2) is 0 Å². The predicted molar refractivity (Wildman–Crippen MR) is 73.9 cm³/mol. The highest BCUT2D eigenvalue weighted by molar-refractivity contribution is 5.67. The van der Waals surface area contributed by atoms with Gasteiger partial charge in [0.05, 0.1) is 11.4 Å². The molecule has 2 aromatic rings. The van der Waals surface area contributed by atoms with Crippen LogP contribution in [-0.4, -0.2) is 6.54 Å². The van der Waals surface area contributed by atoms with Crippen molar-refractivity contribution in [2.75, 3.05) is 23.3 Å². The number of nitrogens with two attached hydrogens (primary N) is 2. The molecule has 3 heteroatoms. The maximum absolute atomic E-state index is 5.91. The Kier molecular flexibility index (Phi) is 3.50. The van der Waals surface area contributed by atoms with Gasteiger partial charge in [0, 0.05) is 12.2 Å². The van der Waals surface area contributed by atoms with Crippen molar-refractivity contribution in [2.45, 2.75) is 6.42 Å². The van der Waals surface area contributed by atoms with Gasteiger partial charge in [0.25, 0.3) is 0 Å². The van der Waals surface area contributed by atoms with E-state index in [0.29, 0.717) is 11.4 Å². The fourth-order valence-electron chi connectivity index (χ4n) is 1.75. The fraction of sp³-hybridized carbons (Fsp3) is 0.143. The number of anilines is 3. The van der Waals surface area contributed by atoms with Crippen molar-refractivity contribution in [3.8, 4) is 0 Å². The summed E-state index contributed by atoms with van der Waals surface area (Å²) in [4.78, 5) is 0. The molecule has 0 aromatic heterocycles. The number of rotatable bonds is 4. The minimum absolute atomic E-state index is 0.655. The van der Waals surface area contributed by atoms with Gasteiger partial charge in [-0.05, 0) is 30.2 Å². The Balaban J connectivity index is 1.93. The van der Waals surface area contributed by atoms with Gasteiger partial charge in [-0.3, -0.25) is 0 Å². The Labute approximate surface area is 101 Å². The molecule has 0 saturated carbocycles. The van der Waals surface area contributed by atoms with Gasteiger partial charge in [0.2, 0.25) is 0 Å². The van der Waals surface area contributed by atoms with Gasteiger partial charge >= 0.3 is 0 Å². The third-order valence-corrected chi connectivity index (χ3v) is 2.73. The summed E-state index contributed by atoms with van der Waals surface area (Å²) in [5, 5.41) is 3.34. The van der Waals surface area contributed by atoms with Gasteiger partial charge in [0.15, 0.2) is 0 Å². The highest BCUT2D eigenvalue weighted by atomic mass is 14.9. The molecule has 0 unspecified atom stereocenters. The normalized spacial score (nSPS) is 10.1. The number of nitrogen functional groups attached to an aromatic ring is 2. The van der Waals surface area contributed by atoms with Crippen LogP contribution in [0.3, 0.4) is 0 Å². The number of nitrogens with one attached hydrogen (secondary N) is 1. The number of hydrogen-bond donors (Lipinski definition) is 3. The molecule has 0 aliphatic heterocycles. The fourth-order valence-corrected chi connectivity index (χ4v) is 1.75. The largest absolute Gasteiger partial charge is 0.397 e. The Morgan fingerprint density at radius 1 is 0.882 bits per heavy atom. The zero-order chi connectivity index (χ0) is 12.1. The molecule has 3 nitrogen and oxygen atoms in total. The molecule has 0 fully saturated rings. The van der Waals surface area contributed by atoms with E-state index in [4.69, 9.17) is 11.5 Å². The minimum atomic E-state index is 0.655. The summed E-state index contributed by atoms with van der Waals surface area (Å²) in [6.07, 6.45) is 0.867. The first kappa shape index (κ1) is 11.3.